The number of aromatic nitrogens is 1. The lowest BCUT2D eigenvalue weighted by Crippen LogP contribution is -2.24. The molecule has 3 nitrogen and oxygen atoms in total. The van der Waals surface area contributed by atoms with E-state index >= 15 is 0 Å². The molecule has 1 aromatic carbocycles. The molecule has 0 aliphatic heterocycles. The van der Waals surface area contributed by atoms with Crippen LogP contribution in [0.1, 0.15) is 37.6 Å². The number of ether oxygens (including phenoxy) is 1. The van der Waals surface area contributed by atoms with E-state index in [9.17, 15) is 0 Å². The van der Waals surface area contributed by atoms with Crippen molar-refractivity contribution < 1.29 is 4.74 Å². The molecule has 19 heavy (non-hydrogen) atoms. The molecule has 1 saturated carbocycles. The molecular formula is C15H20N2OS. The third kappa shape index (κ3) is 2.68. The van der Waals surface area contributed by atoms with Crippen LogP contribution in [0.4, 0.5) is 5.69 Å². The summed E-state index contributed by atoms with van der Waals surface area (Å²) in [6.45, 7) is 4.32. The van der Waals surface area contributed by atoms with Gasteiger partial charge in [-0.1, -0.05) is 13.3 Å². The molecule has 2 unspecified atom stereocenters. The summed E-state index contributed by atoms with van der Waals surface area (Å²) >= 11 is 1.67. The van der Waals surface area contributed by atoms with Crippen LogP contribution in [0.3, 0.4) is 0 Å². The minimum absolute atomic E-state index is 0.309. The molecule has 0 radical (unpaired) electrons. The van der Waals surface area contributed by atoms with Crippen molar-refractivity contribution in [1.82, 2.24) is 4.98 Å². The Kier molecular flexibility index (Phi) is 3.35. The highest BCUT2D eigenvalue weighted by Crippen LogP contribution is 2.34. The van der Waals surface area contributed by atoms with Gasteiger partial charge in [0, 0.05) is 6.07 Å². The molecule has 0 bridgehead atoms. The fourth-order valence-electron chi connectivity index (χ4n) is 2.85. The molecule has 2 aromatic rings. The lowest BCUT2D eigenvalue weighted by atomic mass is 9.89. The van der Waals surface area contributed by atoms with Crippen molar-refractivity contribution >= 4 is 27.2 Å². The van der Waals surface area contributed by atoms with Gasteiger partial charge in [0.15, 0.2) is 0 Å². The van der Waals surface area contributed by atoms with E-state index in [0.29, 0.717) is 6.10 Å². The highest BCUT2D eigenvalue weighted by atomic mass is 32.1. The molecule has 2 atom stereocenters. The minimum atomic E-state index is 0.309. The third-order valence-corrected chi connectivity index (χ3v) is 4.74. The summed E-state index contributed by atoms with van der Waals surface area (Å²) in [5, 5.41) is 1.07. The number of anilines is 1. The van der Waals surface area contributed by atoms with Gasteiger partial charge in [0.2, 0.25) is 0 Å². The molecule has 102 valence electrons. The van der Waals surface area contributed by atoms with Crippen LogP contribution in [0.2, 0.25) is 0 Å². The second kappa shape index (κ2) is 5.00. The molecule has 0 amide bonds. The van der Waals surface area contributed by atoms with Gasteiger partial charge in [0.1, 0.15) is 5.75 Å². The number of nitrogen functional groups attached to an aromatic ring is 1. The van der Waals surface area contributed by atoms with E-state index in [4.69, 9.17) is 10.5 Å². The van der Waals surface area contributed by atoms with E-state index in [1.165, 1.54) is 12.8 Å². The van der Waals surface area contributed by atoms with E-state index in [2.05, 4.69) is 11.9 Å². The number of hydrogen-bond acceptors (Lipinski definition) is 4. The predicted octanol–water partition coefficient (Wildman–Crippen LogP) is 4.14. The van der Waals surface area contributed by atoms with E-state index in [-0.39, 0.29) is 0 Å². The summed E-state index contributed by atoms with van der Waals surface area (Å²) in [7, 11) is 0. The fourth-order valence-corrected chi connectivity index (χ4v) is 3.71. The number of thiazole rings is 1. The Labute approximate surface area is 117 Å². The predicted molar refractivity (Wildman–Crippen MR) is 80.8 cm³/mol. The number of nitrogens with two attached hydrogens (primary N) is 1. The second-order valence-corrected chi connectivity index (χ2v) is 6.84. The molecular weight excluding hydrogens is 256 g/mol. The molecule has 1 aliphatic carbocycles. The molecule has 1 aliphatic rings. The molecule has 1 fully saturated rings. The zero-order valence-electron chi connectivity index (χ0n) is 11.5. The number of fused-ring (bicyclic) bond motifs is 1. The van der Waals surface area contributed by atoms with Crippen LogP contribution >= 0.6 is 11.3 Å². The zero-order chi connectivity index (χ0) is 13.4. The van der Waals surface area contributed by atoms with Gasteiger partial charge in [-0.25, -0.2) is 4.98 Å². The van der Waals surface area contributed by atoms with Gasteiger partial charge in [-0.05, 0) is 38.2 Å². The van der Waals surface area contributed by atoms with E-state index < -0.39 is 0 Å². The Morgan fingerprint density at radius 3 is 3.00 bits per heavy atom. The highest BCUT2D eigenvalue weighted by Gasteiger charge is 2.21. The van der Waals surface area contributed by atoms with Gasteiger partial charge < -0.3 is 10.5 Å². The summed E-state index contributed by atoms with van der Waals surface area (Å²) in [6.07, 6.45) is 5.15. The molecule has 4 heteroatoms. The number of nitrogens with zero attached hydrogens (tertiary/aromatic N) is 1. The van der Waals surface area contributed by atoms with Gasteiger partial charge in [-0.15, -0.1) is 11.3 Å². The minimum Gasteiger partial charge on any atom is -0.488 e. The Morgan fingerprint density at radius 1 is 1.37 bits per heavy atom. The summed E-state index contributed by atoms with van der Waals surface area (Å²) in [5.41, 5.74) is 7.83. The van der Waals surface area contributed by atoms with Crippen LogP contribution in [0, 0.1) is 12.8 Å². The van der Waals surface area contributed by atoms with E-state index in [1.54, 1.807) is 11.3 Å². The van der Waals surface area contributed by atoms with Crippen LogP contribution in [0.5, 0.6) is 5.75 Å². The summed E-state index contributed by atoms with van der Waals surface area (Å²) in [6, 6.07) is 3.98. The van der Waals surface area contributed by atoms with Crippen molar-refractivity contribution in [3.05, 3.63) is 17.1 Å². The van der Waals surface area contributed by atoms with Gasteiger partial charge in [-0.2, -0.15) is 0 Å². The van der Waals surface area contributed by atoms with Crippen LogP contribution in [0.25, 0.3) is 10.2 Å². The quantitative estimate of drug-likeness (QED) is 0.838. The first-order valence-corrected chi connectivity index (χ1v) is 7.77. The van der Waals surface area contributed by atoms with Crippen molar-refractivity contribution in [3.63, 3.8) is 0 Å². The summed E-state index contributed by atoms with van der Waals surface area (Å²) < 4.78 is 7.25. The average Bonchev–Trinajstić information content (AvgIpc) is 2.69. The maximum absolute atomic E-state index is 6.11. The number of hydrogen-bond donors (Lipinski definition) is 1. The van der Waals surface area contributed by atoms with Gasteiger partial charge in [-0.3, -0.25) is 0 Å². The van der Waals surface area contributed by atoms with Crippen molar-refractivity contribution in [3.8, 4) is 5.75 Å². The zero-order valence-corrected chi connectivity index (χ0v) is 12.3. The van der Waals surface area contributed by atoms with Crippen LogP contribution in [-0.4, -0.2) is 11.1 Å². The van der Waals surface area contributed by atoms with Crippen molar-refractivity contribution in [2.45, 2.75) is 45.6 Å². The Hall–Kier alpha value is -1.29. The maximum atomic E-state index is 6.11. The normalized spacial score (nSPS) is 23.7. The van der Waals surface area contributed by atoms with Gasteiger partial charge >= 0.3 is 0 Å². The number of benzene rings is 1. The fraction of sp³-hybridized carbons (Fsp3) is 0.533. The largest absolute Gasteiger partial charge is 0.488 e. The third-order valence-electron chi connectivity index (χ3n) is 3.81. The molecule has 2 N–H and O–H groups in total. The molecule has 1 aromatic heterocycles. The monoisotopic (exact) mass is 276 g/mol. The summed E-state index contributed by atoms with van der Waals surface area (Å²) in [5.74, 6) is 1.56. The van der Waals surface area contributed by atoms with Crippen LogP contribution in [-0.2, 0) is 0 Å². The van der Waals surface area contributed by atoms with E-state index in [1.807, 2.05) is 19.1 Å². The van der Waals surface area contributed by atoms with Gasteiger partial charge in [0.25, 0.3) is 0 Å². The maximum Gasteiger partial charge on any atom is 0.144 e. The first-order chi connectivity index (χ1) is 9.11. The molecule has 0 spiro atoms. The van der Waals surface area contributed by atoms with Crippen molar-refractivity contribution in [1.29, 1.82) is 0 Å². The topological polar surface area (TPSA) is 48.1 Å². The Balaban J connectivity index is 1.85. The average molecular weight is 276 g/mol. The van der Waals surface area contributed by atoms with E-state index in [0.717, 1.165) is 45.4 Å². The van der Waals surface area contributed by atoms with Crippen LogP contribution < -0.4 is 10.5 Å². The van der Waals surface area contributed by atoms with Crippen molar-refractivity contribution in [2.24, 2.45) is 5.92 Å². The van der Waals surface area contributed by atoms with Crippen LogP contribution in [0.15, 0.2) is 12.1 Å². The molecule has 0 saturated heterocycles. The first kappa shape index (κ1) is 12.7. The molecule has 3 rings (SSSR count). The second-order valence-electron chi connectivity index (χ2n) is 5.60. The SMILES string of the molecule is Cc1nc2cc(OC3CCCC(C)C3)c(N)cc2s1. The lowest BCUT2D eigenvalue weighted by Gasteiger charge is -2.27. The smallest absolute Gasteiger partial charge is 0.144 e. The number of rotatable bonds is 2. The lowest BCUT2D eigenvalue weighted by molar-refractivity contribution is 0.130. The highest BCUT2D eigenvalue weighted by molar-refractivity contribution is 7.18. The number of aryl methyl sites for hydroxylation is 1. The van der Waals surface area contributed by atoms with Gasteiger partial charge in [0.05, 0.1) is 27.0 Å². The summed E-state index contributed by atoms with van der Waals surface area (Å²) in [4.78, 5) is 4.51. The first-order valence-electron chi connectivity index (χ1n) is 6.95. The molecule has 1 heterocycles. The Bertz CT molecular complexity index is 593. The standard InChI is InChI=1S/C15H20N2OS/c1-9-4-3-5-11(6-9)18-14-8-13-15(7-12(14)16)19-10(2)17-13/h7-9,11H,3-6,16H2,1-2H3. The van der Waals surface area contributed by atoms with Crippen molar-refractivity contribution in [2.75, 3.05) is 5.73 Å². The Morgan fingerprint density at radius 2 is 2.21 bits per heavy atom.